The summed E-state index contributed by atoms with van der Waals surface area (Å²) < 4.78 is 23.3. The van der Waals surface area contributed by atoms with Crippen molar-refractivity contribution < 1.29 is 42.8 Å². The highest BCUT2D eigenvalue weighted by atomic mass is 35.5. The third-order valence-corrected chi connectivity index (χ3v) is 5.96. The van der Waals surface area contributed by atoms with Crippen molar-refractivity contribution >= 4 is 52.4 Å². The van der Waals surface area contributed by atoms with E-state index in [1.807, 2.05) is 0 Å². The van der Waals surface area contributed by atoms with Crippen molar-refractivity contribution in [3.63, 3.8) is 0 Å². The monoisotopic (exact) mass is 598 g/mol. The smallest absolute Gasteiger partial charge is 0.338 e. The normalized spacial score (nSPS) is 11.2. The molecular weight excluding hydrogens is 575 g/mol. The van der Waals surface area contributed by atoms with Gasteiger partial charge in [-0.25, -0.2) is 9.18 Å². The molecule has 1 unspecified atom stereocenters. The molecule has 3 rings (SSSR count). The summed E-state index contributed by atoms with van der Waals surface area (Å²) in [7, 11) is 0. The lowest BCUT2D eigenvalue weighted by Gasteiger charge is -2.16. The van der Waals surface area contributed by atoms with E-state index in [2.05, 4.69) is 5.32 Å². The van der Waals surface area contributed by atoms with Gasteiger partial charge < -0.3 is 14.8 Å². The molecule has 0 aromatic heterocycles. The van der Waals surface area contributed by atoms with Crippen LogP contribution < -0.4 is 5.32 Å². The summed E-state index contributed by atoms with van der Waals surface area (Å²) in [4.78, 5) is 71.9. The fourth-order valence-electron chi connectivity index (χ4n) is 3.58. The highest BCUT2D eigenvalue weighted by Gasteiger charge is 2.24. The van der Waals surface area contributed by atoms with Crippen molar-refractivity contribution in [3.05, 3.63) is 105 Å². The zero-order chi connectivity index (χ0) is 30.6. The van der Waals surface area contributed by atoms with E-state index >= 15 is 0 Å². The first-order valence-corrected chi connectivity index (χ1v) is 13.0. The molecule has 1 atom stereocenters. The van der Waals surface area contributed by atoms with Crippen LogP contribution in [0.15, 0.2) is 72.8 Å². The Morgan fingerprint density at radius 3 is 2.21 bits per heavy atom. The lowest BCUT2D eigenvalue weighted by Crippen LogP contribution is -2.28. The molecule has 13 heteroatoms. The number of ketones is 2. The number of non-ortho nitro benzene ring substituents is 1. The fourth-order valence-corrected chi connectivity index (χ4v) is 3.78. The van der Waals surface area contributed by atoms with Crippen LogP contribution in [0.3, 0.4) is 0 Å². The number of ether oxygens (including phenoxy) is 2. The number of benzene rings is 3. The van der Waals surface area contributed by atoms with Crippen molar-refractivity contribution in [1.82, 2.24) is 0 Å². The number of anilines is 1. The second kappa shape index (κ2) is 15.1. The minimum Gasteiger partial charge on any atom is -0.454 e. The van der Waals surface area contributed by atoms with Gasteiger partial charge in [0, 0.05) is 47.7 Å². The topological polar surface area (TPSA) is 159 Å². The van der Waals surface area contributed by atoms with E-state index in [9.17, 15) is 38.5 Å². The average molecular weight is 599 g/mol. The molecule has 1 amide bonds. The number of Topliss-reactive ketones (excluding diaryl/α,β-unsaturated/α-hetero) is 2. The zero-order valence-corrected chi connectivity index (χ0v) is 22.7. The predicted octanol–water partition coefficient (Wildman–Crippen LogP) is 4.92. The van der Waals surface area contributed by atoms with Gasteiger partial charge in [0.2, 0.25) is 17.5 Å². The van der Waals surface area contributed by atoms with Gasteiger partial charge in [-0.15, -0.1) is 11.6 Å². The number of alkyl halides is 1. The Morgan fingerprint density at radius 1 is 0.905 bits per heavy atom. The fraction of sp³-hybridized carbons (Fsp3) is 0.207. The maximum atomic E-state index is 13.1. The highest BCUT2D eigenvalue weighted by molar-refractivity contribution is 6.18. The number of rotatable bonds is 14. The number of nitro groups is 1. The number of carbonyl (C=O) groups is 5. The molecular formula is C29H24ClFN2O9. The van der Waals surface area contributed by atoms with Gasteiger partial charge in [0.15, 0.2) is 12.7 Å². The number of carbonyl (C=O) groups excluding carboxylic acids is 5. The van der Waals surface area contributed by atoms with Gasteiger partial charge in [0.25, 0.3) is 5.69 Å². The number of amides is 1. The molecule has 1 N–H and O–H groups in total. The van der Waals surface area contributed by atoms with Crippen LogP contribution in [0.25, 0.3) is 0 Å². The first-order valence-electron chi connectivity index (χ1n) is 12.5. The summed E-state index contributed by atoms with van der Waals surface area (Å²) in [6.07, 6.45) is -1.74. The number of halogens is 2. The van der Waals surface area contributed by atoms with Gasteiger partial charge >= 0.3 is 11.9 Å². The number of hydrogen-bond donors (Lipinski definition) is 1. The van der Waals surface area contributed by atoms with E-state index in [1.165, 1.54) is 54.6 Å². The van der Waals surface area contributed by atoms with Crippen molar-refractivity contribution in [2.75, 3.05) is 17.8 Å². The molecule has 0 saturated carbocycles. The maximum absolute atomic E-state index is 13.1. The summed E-state index contributed by atoms with van der Waals surface area (Å²) in [6, 6.07) is 15.3. The Labute approximate surface area is 243 Å². The van der Waals surface area contributed by atoms with E-state index in [0.717, 1.165) is 18.2 Å². The van der Waals surface area contributed by atoms with Gasteiger partial charge in [-0.2, -0.15) is 0 Å². The van der Waals surface area contributed by atoms with E-state index in [4.69, 9.17) is 21.1 Å². The van der Waals surface area contributed by atoms with Crippen molar-refractivity contribution in [2.45, 2.75) is 25.4 Å². The molecule has 42 heavy (non-hydrogen) atoms. The van der Waals surface area contributed by atoms with Crippen LogP contribution in [0.5, 0.6) is 0 Å². The Kier molecular flexibility index (Phi) is 11.4. The van der Waals surface area contributed by atoms with E-state index < -0.39 is 52.9 Å². The Hall–Kier alpha value is -4.97. The van der Waals surface area contributed by atoms with Gasteiger partial charge in [0.05, 0.1) is 16.9 Å². The molecule has 0 fully saturated rings. The average Bonchev–Trinajstić information content (AvgIpc) is 2.99. The molecule has 11 nitrogen and oxygen atoms in total. The van der Waals surface area contributed by atoms with Crippen LogP contribution in [0.1, 0.15) is 50.3 Å². The van der Waals surface area contributed by atoms with Crippen LogP contribution in [0.4, 0.5) is 15.8 Å². The second-order valence-corrected chi connectivity index (χ2v) is 9.14. The second-order valence-electron chi connectivity index (χ2n) is 8.76. The number of hydrogen-bond acceptors (Lipinski definition) is 9. The quantitative estimate of drug-likeness (QED) is 0.0893. The number of esters is 2. The van der Waals surface area contributed by atoms with Crippen LogP contribution in [0.2, 0.25) is 0 Å². The highest BCUT2D eigenvalue weighted by Crippen LogP contribution is 2.16. The minimum atomic E-state index is -1.18. The Balaban J connectivity index is 1.45. The van der Waals surface area contributed by atoms with Crippen molar-refractivity contribution in [3.8, 4) is 0 Å². The summed E-state index contributed by atoms with van der Waals surface area (Å²) in [5.74, 6) is -3.81. The molecule has 0 aliphatic heterocycles. The molecule has 3 aromatic rings. The first-order chi connectivity index (χ1) is 20.1. The Morgan fingerprint density at radius 2 is 1.57 bits per heavy atom. The third kappa shape index (κ3) is 9.30. The van der Waals surface area contributed by atoms with Crippen molar-refractivity contribution in [2.24, 2.45) is 0 Å². The molecule has 0 aliphatic carbocycles. The number of nitrogens with zero attached hydrogens (tertiary/aromatic N) is 1. The lowest BCUT2D eigenvalue weighted by molar-refractivity contribution is -0.384. The molecule has 0 radical (unpaired) electrons. The first kappa shape index (κ1) is 31.6. The van der Waals surface area contributed by atoms with Gasteiger partial charge in [-0.05, 0) is 48.5 Å². The van der Waals surface area contributed by atoms with Crippen molar-refractivity contribution in [1.29, 1.82) is 0 Å². The summed E-state index contributed by atoms with van der Waals surface area (Å²) in [5.41, 5.74) is 0.296. The predicted molar refractivity (Wildman–Crippen MR) is 148 cm³/mol. The molecule has 0 aliphatic rings. The molecule has 0 spiro atoms. The maximum Gasteiger partial charge on any atom is 0.338 e. The molecule has 0 heterocycles. The van der Waals surface area contributed by atoms with Crippen LogP contribution >= 0.6 is 11.6 Å². The summed E-state index contributed by atoms with van der Waals surface area (Å²) in [6.45, 7) is -0.629. The zero-order valence-electron chi connectivity index (χ0n) is 21.9. The molecule has 0 bridgehead atoms. The molecule has 3 aromatic carbocycles. The van der Waals surface area contributed by atoms with E-state index in [1.54, 1.807) is 0 Å². The number of nitrogens with one attached hydrogen (secondary N) is 1. The number of nitro benzene ring substituents is 1. The minimum absolute atomic E-state index is 0.0213. The van der Waals surface area contributed by atoms with Crippen LogP contribution in [-0.4, -0.2) is 52.9 Å². The third-order valence-electron chi connectivity index (χ3n) is 5.74. The van der Waals surface area contributed by atoms with Gasteiger partial charge in [-0.3, -0.25) is 29.3 Å². The van der Waals surface area contributed by atoms with Gasteiger partial charge in [0.1, 0.15) is 5.82 Å². The van der Waals surface area contributed by atoms with Crippen LogP contribution in [0, 0.1) is 15.9 Å². The SMILES string of the molecule is O=C(CCC(=O)OC(CCCl)C(=O)c1ccc(F)cc1)Nc1ccc(C(=O)OCC(=O)c2cccc([N+](=O)[O-])c2)cc1. The summed E-state index contributed by atoms with van der Waals surface area (Å²) in [5, 5.41) is 13.4. The van der Waals surface area contributed by atoms with E-state index in [-0.39, 0.29) is 47.5 Å². The van der Waals surface area contributed by atoms with Crippen LogP contribution in [-0.2, 0) is 19.1 Å². The Bertz CT molecular complexity index is 1480. The standard InChI is InChI=1S/C29H24ClFN2O9/c30-15-14-25(28(37)18-4-8-21(31)9-5-18)42-27(36)13-12-26(35)32-22-10-6-19(7-11-22)29(38)41-17-24(34)20-2-1-3-23(16-20)33(39)40/h1-11,16,25H,12-15,17H2,(H,32,35). The summed E-state index contributed by atoms with van der Waals surface area (Å²) >= 11 is 5.72. The molecule has 0 saturated heterocycles. The largest absolute Gasteiger partial charge is 0.454 e. The van der Waals surface area contributed by atoms with E-state index in [0.29, 0.717) is 5.69 Å². The lowest BCUT2D eigenvalue weighted by atomic mass is 10.0. The van der Waals surface area contributed by atoms with Gasteiger partial charge in [-0.1, -0.05) is 12.1 Å². The molecule has 218 valence electrons.